The summed E-state index contributed by atoms with van der Waals surface area (Å²) in [5.74, 6) is 0.586. The number of hydrogen-bond acceptors (Lipinski definition) is 6. The van der Waals surface area contributed by atoms with Crippen LogP contribution in [0.5, 0.6) is 5.75 Å². The Kier molecular flexibility index (Phi) is 7.76. The molecular formula is C21H34N2O6S. The SMILES string of the molecule is CCOCCOc1ccc(S(=O)(=O)N2CCN(C(=O)OC(C)(C)C)CC2(C)C)cc1. The Morgan fingerprint density at radius 3 is 2.27 bits per heavy atom. The third-order valence-corrected chi connectivity index (χ3v) is 6.71. The smallest absolute Gasteiger partial charge is 0.410 e. The number of ether oxygens (including phenoxy) is 3. The number of rotatable bonds is 7. The molecule has 1 amide bonds. The minimum Gasteiger partial charge on any atom is -0.491 e. The van der Waals surface area contributed by atoms with Gasteiger partial charge in [-0.25, -0.2) is 13.2 Å². The van der Waals surface area contributed by atoms with Crippen molar-refractivity contribution in [3.8, 4) is 5.75 Å². The molecule has 0 unspecified atom stereocenters. The van der Waals surface area contributed by atoms with Gasteiger partial charge in [-0.3, -0.25) is 0 Å². The second-order valence-electron chi connectivity index (χ2n) is 8.81. The lowest BCUT2D eigenvalue weighted by Crippen LogP contribution is -2.62. The second kappa shape index (κ2) is 9.53. The van der Waals surface area contributed by atoms with E-state index in [0.29, 0.717) is 25.6 Å². The molecule has 0 bridgehead atoms. The standard InChI is InChI=1S/C21H34N2O6S/c1-7-27-14-15-28-17-8-10-18(11-9-17)30(25,26)23-13-12-22(16-21(23,5)6)19(24)29-20(2,3)4/h8-11H,7,12-16H2,1-6H3. The van der Waals surface area contributed by atoms with E-state index in [1.807, 2.05) is 20.8 Å². The molecule has 0 N–H and O–H groups in total. The zero-order valence-corrected chi connectivity index (χ0v) is 19.6. The van der Waals surface area contributed by atoms with Crippen LogP contribution in [0, 0.1) is 0 Å². The zero-order chi connectivity index (χ0) is 22.6. The highest BCUT2D eigenvalue weighted by Crippen LogP contribution is 2.30. The average Bonchev–Trinajstić information content (AvgIpc) is 2.63. The number of hydrogen-bond donors (Lipinski definition) is 0. The zero-order valence-electron chi connectivity index (χ0n) is 18.8. The Bertz CT molecular complexity index is 815. The van der Waals surface area contributed by atoms with Gasteiger partial charge in [-0.1, -0.05) is 0 Å². The van der Waals surface area contributed by atoms with E-state index in [9.17, 15) is 13.2 Å². The highest BCUT2D eigenvalue weighted by Gasteiger charge is 2.43. The van der Waals surface area contributed by atoms with E-state index in [-0.39, 0.29) is 24.5 Å². The van der Waals surface area contributed by atoms with Crippen molar-refractivity contribution in [1.82, 2.24) is 9.21 Å². The third kappa shape index (κ3) is 6.33. The highest BCUT2D eigenvalue weighted by atomic mass is 32.2. The van der Waals surface area contributed by atoms with Gasteiger partial charge in [-0.15, -0.1) is 0 Å². The molecule has 0 radical (unpaired) electrons. The summed E-state index contributed by atoms with van der Waals surface area (Å²) in [5, 5.41) is 0. The fraction of sp³-hybridized carbons (Fsp3) is 0.667. The minimum atomic E-state index is -3.73. The van der Waals surface area contributed by atoms with E-state index in [2.05, 4.69) is 0 Å². The number of carbonyl (C=O) groups is 1. The predicted octanol–water partition coefficient (Wildman–Crippen LogP) is 3.12. The second-order valence-corrected chi connectivity index (χ2v) is 10.7. The van der Waals surface area contributed by atoms with Gasteiger partial charge in [-0.05, 0) is 65.8 Å². The molecule has 1 fully saturated rings. The molecule has 0 aliphatic carbocycles. The van der Waals surface area contributed by atoms with E-state index in [0.717, 1.165) is 0 Å². The van der Waals surface area contributed by atoms with Gasteiger partial charge in [0.05, 0.1) is 11.5 Å². The van der Waals surface area contributed by atoms with Gasteiger partial charge in [0, 0.05) is 31.8 Å². The number of benzene rings is 1. The molecular weight excluding hydrogens is 408 g/mol. The van der Waals surface area contributed by atoms with Crippen molar-refractivity contribution in [2.24, 2.45) is 0 Å². The lowest BCUT2D eigenvalue weighted by molar-refractivity contribution is 0.00352. The molecule has 0 atom stereocenters. The van der Waals surface area contributed by atoms with Crippen molar-refractivity contribution < 1.29 is 27.4 Å². The van der Waals surface area contributed by atoms with Crippen LogP contribution < -0.4 is 4.74 Å². The fourth-order valence-corrected chi connectivity index (χ4v) is 5.03. The largest absolute Gasteiger partial charge is 0.491 e. The summed E-state index contributed by atoms with van der Waals surface area (Å²) >= 11 is 0. The van der Waals surface area contributed by atoms with Crippen molar-refractivity contribution in [2.45, 2.75) is 57.6 Å². The summed E-state index contributed by atoms with van der Waals surface area (Å²) in [5.41, 5.74) is -1.38. The quantitative estimate of drug-likeness (QED) is 0.603. The molecule has 1 aliphatic rings. The van der Waals surface area contributed by atoms with E-state index in [1.165, 1.54) is 4.31 Å². The minimum absolute atomic E-state index is 0.193. The molecule has 1 aromatic carbocycles. The Morgan fingerprint density at radius 2 is 1.73 bits per heavy atom. The topological polar surface area (TPSA) is 85.4 Å². The molecule has 1 aromatic rings. The molecule has 9 heteroatoms. The number of nitrogens with zero attached hydrogens (tertiary/aromatic N) is 2. The van der Waals surface area contributed by atoms with Crippen LogP contribution in [0.2, 0.25) is 0 Å². The van der Waals surface area contributed by atoms with Crippen molar-refractivity contribution in [2.75, 3.05) is 39.5 Å². The maximum Gasteiger partial charge on any atom is 0.410 e. The van der Waals surface area contributed by atoms with Crippen LogP contribution in [0.3, 0.4) is 0 Å². The summed E-state index contributed by atoms with van der Waals surface area (Å²) in [6.45, 7) is 13.2. The summed E-state index contributed by atoms with van der Waals surface area (Å²) in [6, 6.07) is 6.37. The van der Waals surface area contributed by atoms with E-state index < -0.39 is 27.3 Å². The van der Waals surface area contributed by atoms with Crippen LogP contribution in [-0.2, 0) is 19.5 Å². The van der Waals surface area contributed by atoms with Crippen molar-refractivity contribution >= 4 is 16.1 Å². The Balaban J connectivity index is 2.08. The van der Waals surface area contributed by atoms with Crippen LogP contribution in [0.4, 0.5) is 4.79 Å². The van der Waals surface area contributed by atoms with Crippen molar-refractivity contribution in [3.63, 3.8) is 0 Å². The highest BCUT2D eigenvalue weighted by molar-refractivity contribution is 7.89. The van der Waals surface area contributed by atoms with Crippen LogP contribution >= 0.6 is 0 Å². The van der Waals surface area contributed by atoms with Gasteiger partial charge < -0.3 is 19.1 Å². The van der Waals surface area contributed by atoms with Crippen LogP contribution in [0.1, 0.15) is 41.5 Å². The van der Waals surface area contributed by atoms with Gasteiger partial charge in [-0.2, -0.15) is 4.31 Å². The summed E-state index contributed by atoms with van der Waals surface area (Å²) < 4.78 is 44.2. The summed E-state index contributed by atoms with van der Waals surface area (Å²) in [7, 11) is -3.73. The first-order valence-corrected chi connectivity index (χ1v) is 11.6. The maximum absolute atomic E-state index is 13.2. The molecule has 30 heavy (non-hydrogen) atoms. The maximum atomic E-state index is 13.2. The molecule has 0 saturated carbocycles. The summed E-state index contributed by atoms with van der Waals surface area (Å²) in [6.07, 6.45) is -0.429. The molecule has 170 valence electrons. The Hall–Kier alpha value is -1.84. The molecule has 0 aromatic heterocycles. The van der Waals surface area contributed by atoms with E-state index in [4.69, 9.17) is 14.2 Å². The number of amides is 1. The molecule has 1 aliphatic heterocycles. The monoisotopic (exact) mass is 442 g/mol. The molecule has 1 heterocycles. The van der Waals surface area contributed by atoms with Crippen LogP contribution in [0.25, 0.3) is 0 Å². The molecule has 1 saturated heterocycles. The lowest BCUT2D eigenvalue weighted by Gasteiger charge is -2.45. The van der Waals surface area contributed by atoms with Crippen molar-refractivity contribution in [3.05, 3.63) is 24.3 Å². The van der Waals surface area contributed by atoms with E-state index >= 15 is 0 Å². The number of sulfonamides is 1. The first-order valence-electron chi connectivity index (χ1n) is 10.2. The van der Waals surface area contributed by atoms with Crippen LogP contribution in [0.15, 0.2) is 29.2 Å². The number of carbonyl (C=O) groups excluding carboxylic acids is 1. The fourth-order valence-electron chi connectivity index (χ4n) is 3.26. The van der Waals surface area contributed by atoms with Gasteiger partial charge >= 0.3 is 6.09 Å². The van der Waals surface area contributed by atoms with Gasteiger partial charge in [0.25, 0.3) is 0 Å². The molecule has 8 nitrogen and oxygen atoms in total. The first-order chi connectivity index (χ1) is 13.9. The third-order valence-electron chi connectivity index (χ3n) is 4.59. The molecule has 2 rings (SSSR count). The van der Waals surface area contributed by atoms with Crippen LogP contribution in [-0.4, -0.2) is 74.3 Å². The predicted molar refractivity (Wildman–Crippen MR) is 114 cm³/mol. The molecule has 0 spiro atoms. The van der Waals surface area contributed by atoms with Gasteiger partial charge in [0.1, 0.15) is 18.0 Å². The lowest BCUT2D eigenvalue weighted by atomic mass is 10.0. The number of piperazine rings is 1. The normalized spacial score (nSPS) is 17.6. The Morgan fingerprint density at radius 1 is 1.10 bits per heavy atom. The van der Waals surface area contributed by atoms with E-state index in [1.54, 1.807) is 49.9 Å². The Labute approximate surface area is 180 Å². The first kappa shape index (κ1) is 24.4. The average molecular weight is 443 g/mol. The van der Waals surface area contributed by atoms with Crippen molar-refractivity contribution in [1.29, 1.82) is 0 Å². The van der Waals surface area contributed by atoms with Gasteiger partial charge in [0.15, 0.2) is 0 Å². The summed E-state index contributed by atoms with van der Waals surface area (Å²) in [4.78, 5) is 14.2. The van der Waals surface area contributed by atoms with Gasteiger partial charge in [0.2, 0.25) is 10.0 Å².